The summed E-state index contributed by atoms with van der Waals surface area (Å²) in [6.07, 6.45) is 9.75. The van der Waals surface area contributed by atoms with Gasteiger partial charge in [0.05, 0.1) is 0 Å². The van der Waals surface area contributed by atoms with Crippen LogP contribution in [0.5, 0.6) is 0 Å². The van der Waals surface area contributed by atoms with E-state index in [0.29, 0.717) is 10.8 Å². The van der Waals surface area contributed by atoms with Gasteiger partial charge in [0.2, 0.25) is 0 Å². The number of rotatable bonds is 5. The standard InChI is InChI=1S/C19H31NS/c1-18(2,3)15-8-10-19(11-9-15,14-20-16-6-7-16)13-17-5-4-12-21-17/h4-5,12,15-16,20H,6-11,13-14H2,1-3H3. The van der Waals surface area contributed by atoms with Gasteiger partial charge in [-0.1, -0.05) is 26.8 Å². The Bertz CT molecular complexity index is 431. The van der Waals surface area contributed by atoms with E-state index in [1.165, 1.54) is 51.5 Å². The number of thiophene rings is 1. The molecule has 0 amide bonds. The van der Waals surface area contributed by atoms with Crippen molar-refractivity contribution in [3.8, 4) is 0 Å². The Labute approximate surface area is 134 Å². The molecular weight excluding hydrogens is 274 g/mol. The van der Waals surface area contributed by atoms with Crippen molar-refractivity contribution in [2.24, 2.45) is 16.7 Å². The van der Waals surface area contributed by atoms with Gasteiger partial charge in [0.1, 0.15) is 0 Å². The fraction of sp³-hybridized carbons (Fsp3) is 0.789. The molecule has 0 atom stereocenters. The molecule has 0 aliphatic heterocycles. The third-order valence-electron chi connectivity index (χ3n) is 5.74. The SMILES string of the molecule is CC(C)(C)C1CCC(CNC2CC2)(Cc2cccs2)CC1. The second-order valence-corrected chi connectivity index (χ2v) is 9.58. The molecule has 3 rings (SSSR count). The van der Waals surface area contributed by atoms with Gasteiger partial charge in [-0.05, 0) is 73.1 Å². The summed E-state index contributed by atoms with van der Waals surface area (Å²) in [5, 5.41) is 6.07. The molecule has 2 heteroatoms. The Morgan fingerprint density at radius 1 is 1.19 bits per heavy atom. The van der Waals surface area contributed by atoms with Crippen molar-refractivity contribution in [3.63, 3.8) is 0 Å². The molecule has 0 unspecified atom stereocenters. The van der Waals surface area contributed by atoms with Crippen LogP contribution in [0.15, 0.2) is 17.5 Å². The van der Waals surface area contributed by atoms with Crippen LogP contribution >= 0.6 is 11.3 Å². The van der Waals surface area contributed by atoms with Gasteiger partial charge in [-0.2, -0.15) is 0 Å². The lowest BCUT2D eigenvalue weighted by Crippen LogP contribution is -2.41. The zero-order valence-corrected chi connectivity index (χ0v) is 14.8. The molecule has 1 aromatic heterocycles. The molecule has 0 spiro atoms. The number of nitrogens with one attached hydrogen (secondary N) is 1. The summed E-state index contributed by atoms with van der Waals surface area (Å²) in [6.45, 7) is 8.51. The molecule has 2 aliphatic rings. The lowest BCUT2D eigenvalue weighted by molar-refractivity contribution is 0.0864. The lowest BCUT2D eigenvalue weighted by atomic mass is 9.63. The van der Waals surface area contributed by atoms with Crippen LogP contribution in [0.25, 0.3) is 0 Å². The summed E-state index contributed by atoms with van der Waals surface area (Å²) in [7, 11) is 0. The van der Waals surface area contributed by atoms with Crippen LogP contribution in [0.3, 0.4) is 0 Å². The molecule has 118 valence electrons. The normalized spacial score (nSPS) is 30.5. The summed E-state index contributed by atoms with van der Waals surface area (Å²) in [5.41, 5.74) is 1.01. The van der Waals surface area contributed by atoms with Crippen LogP contribution in [0.4, 0.5) is 0 Å². The molecule has 2 aliphatic carbocycles. The second-order valence-electron chi connectivity index (χ2n) is 8.55. The minimum atomic E-state index is 0.485. The fourth-order valence-corrected chi connectivity index (χ4v) is 4.82. The van der Waals surface area contributed by atoms with E-state index in [9.17, 15) is 0 Å². The van der Waals surface area contributed by atoms with E-state index in [0.717, 1.165) is 12.0 Å². The predicted molar refractivity (Wildman–Crippen MR) is 92.9 cm³/mol. The minimum Gasteiger partial charge on any atom is -0.313 e. The summed E-state index contributed by atoms with van der Waals surface area (Å²) in [4.78, 5) is 1.59. The second kappa shape index (κ2) is 6.04. The van der Waals surface area contributed by atoms with Gasteiger partial charge in [0, 0.05) is 17.5 Å². The van der Waals surface area contributed by atoms with E-state index in [2.05, 4.69) is 43.6 Å². The molecule has 2 saturated carbocycles. The van der Waals surface area contributed by atoms with E-state index in [4.69, 9.17) is 0 Å². The van der Waals surface area contributed by atoms with Gasteiger partial charge < -0.3 is 5.32 Å². The van der Waals surface area contributed by atoms with Crippen LogP contribution in [0, 0.1) is 16.7 Å². The van der Waals surface area contributed by atoms with E-state index in [1.807, 2.05) is 11.3 Å². The topological polar surface area (TPSA) is 12.0 Å². The number of hydrogen-bond acceptors (Lipinski definition) is 2. The van der Waals surface area contributed by atoms with E-state index in [-0.39, 0.29) is 0 Å². The maximum atomic E-state index is 3.84. The highest BCUT2D eigenvalue weighted by Crippen LogP contribution is 2.47. The maximum Gasteiger partial charge on any atom is 0.00684 e. The molecule has 1 nitrogen and oxygen atoms in total. The first-order chi connectivity index (χ1) is 9.97. The molecule has 2 fully saturated rings. The van der Waals surface area contributed by atoms with Crippen LogP contribution in [0.2, 0.25) is 0 Å². The predicted octanol–water partition coefficient (Wildman–Crippen LogP) is 5.27. The Kier molecular flexibility index (Phi) is 4.47. The Hall–Kier alpha value is -0.340. The van der Waals surface area contributed by atoms with Gasteiger partial charge in [0.25, 0.3) is 0 Å². The van der Waals surface area contributed by atoms with Gasteiger partial charge in [-0.15, -0.1) is 11.3 Å². The fourth-order valence-electron chi connectivity index (χ4n) is 3.94. The molecule has 1 aromatic rings. The lowest BCUT2D eigenvalue weighted by Gasteiger charge is -2.44. The van der Waals surface area contributed by atoms with E-state index >= 15 is 0 Å². The highest BCUT2D eigenvalue weighted by molar-refractivity contribution is 7.09. The van der Waals surface area contributed by atoms with Crippen LogP contribution in [-0.2, 0) is 6.42 Å². The zero-order chi connectivity index (χ0) is 14.9. The van der Waals surface area contributed by atoms with Crippen molar-refractivity contribution in [1.29, 1.82) is 0 Å². The first-order valence-corrected chi connectivity index (χ1v) is 9.61. The largest absolute Gasteiger partial charge is 0.313 e. The quantitative estimate of drug-likeness (QED) is 0.782. The molecule has 0 bridgehead atoms. The third-order valence-corrected chi connectivity index (χ3v) is 6.62. The third kappa shape index (κ3) is 4.10. The zero-order valence-electron chi connectivity index (χ0n) is 14.0. The summed E-state index contributed by atoms with van der Waals surface area (Å²) in [5.74, 6) is 0.912. The van der Waals surface area contributed by atoms with Gasteiger partial charge in [-0.25, -0.2) is 0 Å². The first-order valence-electron chi connectivity index (χ1n) is 8.73. The Morgan fingerprint density at radius 2 is 1.90 bits per heavy atom. The Morgan fingerprint density at radius 3 is 2.43 bits per heavy atom. The highest BCUT2D eigenvalue weighted by atomic mass is 32.1. The highest BCUT2D eigenvalue weighted by Gasteiger charge is 2.39. The minimum absolute atomic E-state index is 0.485. The van der Waals surface area contributed by atoms with Gasteiger partial charge >= 0.3 is 0 Å². The molecule has 1 heterocycles. The molecule has 0 saturated heterocycles. The van der Waals surface area contributed by atoms with Crippen molar-refractivity contribution in [2.45, 2.75) is 71.8 Å². The summed E-state index contributed by atoms with van der Waals surface area (Å²) >= 11 is 1.94. The molecule has 0 radical (unpaired) electrons. The van der Waals surface area contributed by atoms with E-state index in [1.54, 1.807) is 4.88 Å². The number of hydrogen-bond donors (Lipinski definition) is 1. The average molecular weight is 306 g/mol. The van der Waals surface area contributed by atoms with Gasteiger partial charge in [-0.3, -0.25) is 0 Å². The van der Waals surface area contributed by atoms with Crippen molar-refractivity contribution in [1.82, 2.24) is 5.32 Å². The summed E-state index contributed by atoms with van der Waals surface area (Å²) in [6, 6.07) is 5.38. The van der Waals surface area contributed by atoms with Crippen molar-refractivity contribution >= 4 is 11.3 Å². The monoisotopic (exact) mass is 305 g/mol. The van der Waals surface area contributed by atoms with Crippen LogP contribution < -0.4 is 5.32 Å². The smallest absolute Gasteiger partial charge is 0.00684 e. The average Bonchev–Trinajstić information content (AvgIpc) is 3.13. The van der Waals surface area contributed by atoms with Crippen molar-refractivity contribution < 1.29 is 0 Å². The van der Waals surface area contributed by atoms with Crippen LogP contribution in [-0.4, -0.2) is 12.6 Å². The molecule has 21 heavy (non-hydrogen) atoms. The first kappa shape index (κ1) is 15.6. The Balaban J connectivity index is 1.65. The molecule has 0 aromatic carbocycles. The molecule has 1 N–H and O–H groups in total. The summed E-state index contributed by atoms with van der Waals surface area (Å²) < 4.78 is 0. The van der Waals surface area contributed by atoms with Crippen LogP contribution in [0.1, 0.15) is 64.2 Å². The van der Waals surface area contributed by atoms with Crippen molar-refractivity contribution in [2.75, 3.05) is 6.54 Å². The van der Waals surface area contributed by atoms with Gasteiger partial charge in [0.15, 0.2) is 0 Å². The molecular formula is C19H31NS. The van der Waals surface area contributed by atoms with Crippen molar-refractivity contribution in [3.05, 3.63) is 22.4 Å². The maximum absolute atomic E-state index is 3.84. The van der Waals surface area contributed by atoms with E-state index < -0.39 is 0 Å².